The summed E-state index contributed by atoms with van der Waals surface area (Å²) in [7, 11) is 0. The van der Waals surface area contributed by atoms with Crippen LogP contribution in [0, 0.1) is 0 Å². The SMILES string of the molecule is O.O.[NH4+].[NH4+].[O]=[Mo](=[O])([O-])[O-]. The summed E-state index contributed by atoms with van der Waals surface area (Å²) in [5.74, 6) is 0. The quantitative estimate of drug-likeness (QED) is 0.405. The molecule has 0 atom stereocenters. The molecule has 0 saturated heterocycles. The van der Waals surface area contributed by atoms with E-state index in [0.29, 0.717) is 0 Å². The summed E-state index contributed by atoms with van der Waals surface area (Å²) in [4.78, 5) is 0. The van der Waals surface area contributed by atoms with Crippen LogP contribution < -0.4 is 19.8 Å². The van der Waals surface area contributed by atoms with Gasteiger partial charge in [0.2, 0.25) is 0 Å². The van der Waals surface area contributed by atoms with Crippen LogP contribution in [0.4, 0.5) is 0 Å². The zero-order valence-corrected chi connectivity index (χ0v) is 7.05. The number of rotatable bonds is 0. The van der Waals surface area contributed by atoms with Crippen LogP contribution in [0.25, 0.3) is 0 Å². The van der Waals surface area contributed by atoms with E-state index < -0.39 is 16.7 Å². The van der Waals surface area contributed by atoms with Crippen molar-refractivity contribution in [2.24, 2.45) is 0 Å². The second-order valence-electron chi connectivity index (χ2n) is 0.408. The number of quaternary nitrogens is 2. The molecule has 0 heterocycles. The molecule has 0 amide bonds. The Morgan fingerprint density at radius 2 is 0.889 bits per heavy atom. The van der Waals surface area contributed by atoms with Gasteiger partial charge in [-0.05, 0) is 0 Å². The van der Waals surface area contributed by atoms with Crippen LogP contribution in [-0.2, 0) is 23.5 Å². The molecule has 9 heavy (non-hydrogen) atoms. The molecule has 0 aromatic rings. The molecule has 64 valence electrons. The maximum atomic E-state index is 8.63. The molecule has 0 aliphatic heterocycles. The first kappa shape index (κ1) is 35.8. The van der Waals surface area contributed by atoms with Crippen molar-refractivity contribution in [2.75, 3.05) is 0 Å². The summed E-state index contributed by atoms with van der Waals surface area (Å²) in [6.07, 6.45) is 0. The molecule has 9 heteroatoms. The summed E-state index contributed by atoms with van der Waals surface area (Å²) in [5, 5.41) is 0. The summed E-state index contributed by atoms with van der Waals surface area (Å²) >= 11 is -6.02. The molecule has 0 aliphatic carbocycles. The van der Waals surface area contributed by atoms with Crippen molar-refractivity contribution in [3.63, 3.8) is 0 Å². The Morgan fingerprint density at radius 3 is 0.889 bits per heavy atom. The first-order valence-corrected chi connectivity index (χ1v) is 3.94. The Kier molecular flexibility index (Phi) is 43.4. The molecular formula is H12MoN2O6. The van der Waals surface area contributed by atoms with Gasteiger partial charge in [-0.1, -0.05) is 0 Å². The number of hydrogen-bond donors (Lipinski definition) is 2. The average molecular weight is 232 g/mol. The molecule has 0 fully saturated rings. The molecule has 0 aromatic carbocycles. The molecule has 0 radical (unpaired) electrons. The first-order valence-electron chi connectivity index (χ1n) is 0.667. The average Bonchev–Trinajstić information content (AvgIpc) is 0.722. The van der Waals surface area contributed by atoms with Crippen LogP contribution in [0.15, 0.2) is 0 Å². The Morgan fingerprint density at radius 1 is 0.889 bits per heavy atom. The van der Waals surface area contributed by atoms with E-state index in [4.69, 9.17) is 14.3 Å². The summed E-state index contributed by atoms with van der Waals surface area (Å²) in [5.41, 5.74) is 0. The molecule has 0 unspecified atom stereocenters. The Bertz CT molecular complexity index is 94.2. The third kappa shape index (κ3) is 126000. The van der Waals surface area contributed by atoms with E-state index in [-0.39, 0.29) is 23.3 Å². The molecule has 0 saturated carbocycles. The molecule has 12 N–H and O–H groups in total. The van der Waals surface area contributed by atoms with Crippen molar-refractivity contribution in [3.8, 4) is 0 Å². The summed E-state index contributed by atoms with van der Waals surface area (Å²) in [6, 6.07) is 0. The summed E-state index contributed by atoms with van der Waals surface area (Å²) < 4.78 is 34.5. The van der Waals surface area contributed by atoms with E-state index >= 15 is 0 Å². The van der Waals surface area contributed by atoms with E-state index in [1.165, 1.54) is 0 Å². The van der Waals surface area contributed by atoms with Gasteiger partial charge < -0.3 is 23.3 Å². The molecular weight excluding hydrogens is 220 g/mol. The molecule has 0 bridgehead atoms. The van der Waals surface area contributed by atoms with Crippen molar-refractivity contribution in [2.45, 2.75) is 0 Å². The van der Waals surface area contributed by atoms with Crippen LogP contribution in [0.2, 0.25) is 0 Å². The zero-order valence-electron chi connectivity index (χ0n) is 5.04. The standard InChI is InChI=1S/Mo.2H3N.2H2O.4O/h;2*1H3;2*1H2;;;;/q;;;;;;;2*-1/p+2. The van der Waals surface area contributed by atoms with E-state index in [0.717, 1.165) is 0 Å². The normalized spacial score (nSPS) is 6.44. The topological polar surface area (TPSA) is 216 Å². The van der Waals surface area contributed by atoms with Gasteiger partial charge in [-0.15, -0.1) is 0 Å². The molecule has 0 spiro atoms. The van der Waals surface area contributed by atoms with Gasteiger partial charge in [0.25, 0.3) is 0 Å². The second-order valence-corrected chi connectivity index (χ2v) is 2.42. The van der Waals surface area contributed by atoms with Gasteiger partial charge in [0.15, 0.2) is 0 Å². The summed E-state index contributed by atoms with van der Waals surface area (Å²) in [6.45, 7) is 0. The van der Waals surface area contributed by atoms with Crippen molar-refractivity contribution in [3.05, 3.63) is 0 Å². The van der Waals surface area contributed by atoms with Gasteiger partial charge in [0.05, 0.1) is 0 Å². The Balaban J connectivity index is -0.0000000133. The predicted molar refractivity (Wildman–Crippen MR) is 20.6 cm³/mol. The number of hydrogen-bond acceptors (Lipinski definition) is 4. The molecule has 8 nitrogen and oxygen atoms in total. The third-order valence-electron chi connectivity index (χ3n) is 0. The minimum atomic E-state index is -6.02. The first-order chi connectivity index (χ1) is 2.00. The van der Waals surface area contributed by atoms with Gasteiger partial charge in [-0.25, -0.2) is 0 Å². The van der Waals surface area contributed by atoms with Crippen molar-refractivity contribution in [1.82, 2.24) is 12.3 Å². The van der Waals surface area contributed by atoms with Gasteiger partial charge >= 0.3 is 31.1 Å². The van der Waals surface area contributed by atoms with Crippen molar-refractivity contribution >= 4 is 0 Å². The fraction of sp³-hybridized carbons (Fsp3) is 0. The monoisotopic (exact) mass is 234 g/mol. The van der Waals surface area contributed by atoms with Crippen LogP contribution in [0.1, 0.15) is 0 Å². The van der Waals surface area contributed by atoms with Gasteiger partial charge in [0, 0.05) is 0 Å². The van der Waals surface area contributed by atoms with E-state index in [1.54, 1.807) is 0 Å². The minimum absolute atomic E-state index is 0. The zero-order chi connectivity index (χ0) is 4.50. The Labute approximate surface area is 55.0 Å². The molecule has 0 aliphatic rings. The Hall–Kier alpha value is 0.0483. The fourth-order valence-electron chi connectivity index (χ4n) is 0. The predicted octanol–water partition coefficient (Wildman–Crippen LogP) is -3.52. The van der Waals surface area contributed by atoms with Crippen LogP contribution in [0.5, 0.6) is 0 Å². The van der Waals surface area contributed by atoms with Crippen molar-refractivity contribution in [1.29, 1.82) is 0 Å². The molecule has 0 aromatic heterocycles. The second kappa shape index (κ2) is 10.9. The van der Waals surface area contributed by atoms with Crippen LogP contribution in [-0.4, -0.2) is 11.0 Å². The van der Waals surface area contributed by atoms with E-state index in [9.17, 15) is 0 Å². The molecule has 0 rings (SSSR count). The third-order valence-corrected chi connectivity index (χ3v) is 0. The van der Waals surface area contributed by atoms with Crippen LogP contribution >= 0.6 is 0 Å². The van der Waals surface area contributed by atoms with Crippen molar-refractivity contribution < 1.29 is 42.0 Å². The van der Waals surface area contributed by atoms with Gasteiger partial charge in [0.1, 0.15) is 0 Å². The van der Waals surface area contributed by atoms with E-state index in [2.05, 4.69) is 0 Å². The van der Waals surface area contributed by atoms with E-state index in [1.807, 2.05) is 0 Å². The van der Waals surface area contributed by atoms with Crippen LogP contribution in [0.3, 0.4) is 0 Å². The van der Waals surface area contributed by atoms with Gasteiger partial charge in [-0.2, -0.15) is 0 Å². The fourth-order valence-corrected chi connectivity index (χ4v) is 0. The van der Waals surface area contributed by atoms with Gasteiger partial charge in [-0.3, -0.25) is 0 Å². The maximum absolute atomic E-state index is 8.63.